The summed E-state index contributed by atoms with van der Waals surface area (Å²) in [4.78, 5) is 16.2. The van der Waals surface area contributed by atoms with Crippen LogP contribution in [0.4, 0.5) is 5.82 Å². The Labute approximate surface area is 136 Å². The fourth-order valence-corrected chi connectivity index (χ4v) is 2.29. The van der Waals surface area contributed by atoms with Gasteiger partial charge in [0.1, 0.15) is 5.82 Å². The number of halogens is 2. The largest absolute Gasteiger partial charge is 0.310 e. The summed E-state index contributed by atoms with van der Waals surface area (Å²) >= 11 is 9.24. The Bertz CT molecular complexity index is 654. The number of pyridine rings is 1. The predicted molar refractivity (Wildman–Crippen MR) is 86.4 cm³/mol. The highest BCUT2D eigenvalue weighted by Crippen LogP contribution is 2.21. The lowest BCUT2D eigenvalue weighted by molar-refractivity contribution is -0.119. The summed E-state index contributed by atoms with van der Waals surface area (Å²) in [7, 11) is 0. The normalized spacial score (nSPS) is 12.2. The van der Waals surface area contributed by atoms with E-state index >= 15 is 0 Å². The van der Waals surface area contributed by atoms with Crippen LogP contribution in [0.15, 0.2) is 22.8 Å². The van der Waals surface area contributed by atoms with Gasteiger partial charge in [0.15, 0.2) is 0 Å². The van der Waals surface area contributed by atoms with Crippen LogP contribution in [0.2, 0.25) is 5.02 Å². The highest BCUT2D eigenvalue weighted by atomic mass is 79.9. The van der Waals surface area contributed by atoms with Crippen LogP contribution in [-0.2, 0) is 11.3 Å². The minimum Gasteiger partial charge on any atom is -0.310 e. The van der Waals surface area contributed by atoms with E-state index in [1.54, 1.807) is 12.1 Å². The second-order valence-electron chi connectivity index (χ2n) is 4.92. The summed E-state index contributed by atoms with van der Waals surface area (Å²) in [5.74, 6) is 0.159. The van der Waals surface area contributed by atoms with E-state index in [2.05, 4.69) is 31.3 Å². The molecular weight excluding hydrogens is 356 g/mol. The van der Waals surface area contributed by atoms with Crippen molar-refractivity contribution in [3.63, 3.8) is 0 Å². The first-order chi connectivity index (χ1) is 9.88. The fraction of sp³-hybridized carbons (Fsp3) is 0.357. The van der Waals surface area contributed by atoms with Crippen molar-refractivity contribution in [1.82, 2.24) is 14.8 Å². The van der Waals surface area contributed by atoms with Crippen molar-refractivity contribution in [3.05, 3.63) is 39.2 Å². The van der Waals surface area contributed by atoms with Crippen LogP contribution in [-0.4, -0.2) is 20.7 Å². The number of hydrogen-bond acceptors (Lipinski definition) is 3. The molecule has 2 aromatic heterocycles. The topological polar surface area (TPSA) is 59.8 Å². The van der Waals surface area contributed by atoms with Gasteiger partial charge in [-0.1, -0.05) is 18.5 Å². The molecule has 0 aliphatic heterocycles. The molecular formula is C14H16BrClN4O. The van der Waals surface area contributed by atoms with Gasteiger partial charge < -0.3 is 5.32 Å². The monoisotopic (exact) mass is 370 g/mol. The van der Waals surface area contributed by atoms with Gasteiger partial charge in [-0.15, -0.1) is 0 Å². The van der Waals surface area contributed by atoms with Crippen molar-refractivity contribution in [2.24, 2.45) is 5.92 Å². The number of amides is 1. The molecule has 0 spiro atoms. The Morgan fingerprint density at radius 3 is 2.71 bits per heavy atom. The number of hydrogen-bond donors (Lipinski definition) is 1. The second kappa shape index (κ2) is 6.58. The Morgan fingerprint density at radius 1 is 1.48 bits per heavy atom. The van der Waals surface area contributed by atoms with Crippen molar-refractivity contribution in [2.75, 3.05) is 5.32 Å². The first-order valence-electron chi connectivity index (χ1n) is 6.50. The van der Waals surface area contributed by atoms with E-state index in [0.29, 0.717) is 17.4 Å². The van der Waals surface area contributed by atoms with Gasteiger partial charge in [0, 0.05) is 11.9 Å². The van der Waals surface area contributed by atoms with E-state index < -0.39 is 0 Å². The maximum Gasteiger partial charge on any atom is 0.230 e. The molecule has 0 aromatic carbocycles. The highest BCUT2D eigenvalue weighted by molar-refractivity contribution is 9.10. The molecule has 2 aromatic rings. The molecule has 1 N–H and O–H groups in total. The summed E-state index contributed by atoms with van der Waals surface area (Å²) in [6.45, 7) is 6.26. The first-order valence-corrected chi connectivity index (χ1v) is 7.67. The lowest BCUT2D eigenvalue weighted by Crippen LogP contribution is -2.25. The van der Waals surface area contributed by atoms with Gasteiger partial charge in [-0.3, -0.25) is 9.48 Å². The van der Waals surface area contributed by atoms with Gasteiger partial charge >= 0.3 is 0 Å². The number of nitrogens with zero attached hydrogens (tertiary/aromatic N) is 3. The van der Waals surface area contributed by atoms with Crippen LogP contribution in [0.5, 0.6) is 0 Å². The summed E-state index contributed by atoms with van der Waals surface area (Å²) in [6, 6.07) is 3.36. The Hall–Kier alpha value is -1.40. The first kappa shape index (κ1) is 16.0. The van der Waals surface area contributed by atoms with Gasteiger partial charge in [0.25, 0.3) is 0 Å². The molecule has 0 bridgehead atoms. The average Bonchev–Trinajstić information content (AvgIpc) is 2.69. The number of carbonyl (C=O) groups is 1. The molecule has 0 aliphatic carbocycles. The molecule has 0 aliphatic rings. The molecule has 0 unspecified atom stereocenters. The van der Waals surface area contributed by atoms with Gasteiger partial charge in [-0.05, 0) is 41.9 Å². The van der Waals surface area contributed by atoms with E-state index in [0.717, 1.165) is 15.9 Å². The maximum atomic E-state index is 12.2. The Morgan fingerprint density at radius 2 is 2.19 bits per heavy atom. The smallest absolute Gasteiger partial charge is 0.230 e. The number of nitrogens with one attached hydrogen (secondary N) is 1. The summed E-state index contributed by atoms with van der Waals surface area (Å²) in [6.07, 6.45) is 1.50. The van der Waals surface area contributed by atoms with Gasteiger partial charge in [0.05, 0.1) is 27.7 Å². The fourth-order valence-electron chi connectivity index (χ4n) is 1.89. The molecule has 1 amide bonds. The lowest BCUT2D eigenvalue weighted by Gasteiger charge is -2.13. The van der Waals surface area contributed by atoms with E-state index in [4.69, 9.17) is 11.6 Å². The number of aryl methyl sites for hydroxylation is 1. The zero-order valence-corrected chi connectivity index (χ0v) is 14.4. The molecule has 0 fully saturated rings. The number of carbonyl (C=O) groups excluding carboxylic acids is 1. The Balaban J connectivity index is 2.02. The van der Waals surface area contributed by atoms with Gasteiger partial charge in [-0.25, -0.2) is 4.98 Å². The molecule has 5 nitrogen and oxygen atoms in total. The number of aromatic nitrogens is 3. The van der Waals surface area contributed by atoms with Crippen LogP contribution in [0, 0.1) is 19.8 Å². The van der Waals surface area contributed by atoms with Crippen LogP contribution in [0.1, 0.15) is 18.3 Å². The molecule has 1 atom stereocenters. The van der Waals surface area contributed by atoms with Crippen molar-refractivity contribution < 1.29 is 4.79 Å². The molecule has 21 heavy (non-hydrogen) atoms. The standard InChI is InChI=1S/C14H16BrClN4O/c1-8(7-20-10(3)13(15)9(2)19-20)14(21)18-12-5-4-11(16)6-17-12/h4-6,8H,7H2,1-3H3,(H,17,18,21)/t8-/m1/s1. The van der Waals surface area contributed by atoms with Gasteiger partial charge in [0.2, 0.25) is 5.91 Å². The average molecular weight is 372 g/mol. The number of rotatable bonds is 4. The molecule has 112 valence electrons. The molecule has 2 rings (SSSR count). The zero-order chi connectivity index (χ0) is 15.6. The van der Waals surface area contributed by atoms with E-state index in [9.17, 15) is 4.79 Å². The summed E-state index contributed by atoms with van der Waals surface area (Å²) < 4.78 is 2.81. The maximum absolute atomic E-state index is 12.2. The second-order valence-corrected chi connectivity index (χ2v) is 6.15. The highest BCUT2D eigenvalue weighted by Gasteiger charge is 2.17. The molecule has 0 radical (unpaired) electrons. The number of anilines is 1. The van der Waals surface area contributed by atoms with E-state index in [1.807, 2.05) is 25.5 Å². The molecule has 0 saturated heterocycles. The third kappa shape index (κ3) is 3.83. The summed E-state index contributed by atoms with van der Waals surface area (Å²) in [5.41, 5.74) is 1.93. The molecule has 2 heterocycles. The van der Waals surface area contributed by atoms with E-state index in [-0.39, 0.29) is 11.8 Å². The van der Waals surface area contributed by atoms with Crippen molar-refractivity contribution >= 4 is 39.3 Å². The minimum absolute atomic E-state index is 0.103. The predicted octanol–water partition coefficient (Wildman–Crippen LogP) is 3.59. The third-order valence-corrected chi connectivity index (χ3v) is 4.54. The third-order valence-electron chi connectivity index (χ3n) is 3.17. The van der Waals surface area contributed by atoms with Crippen LogP contribution >= 0.6 is 27.5 Å². The van der Waals surface area contributed by atoms with Crippen molar-refractivity contribution in [1.29, 1.82) is 0 Å². The quantitative estimate of drug-likeness (QED) is 0.893. The van der Waals surface area contributed by atoms with Crippen molar-refractivity contribution in [2.45, 2.75) is 27.3 Å². The molecule has 0 saturated carbocycles. The molecule has 7 heteroatoms. The summed E-state index contributed by atoms with van der Waals surface area (Å²) in [5, 5.41) is 7.71. The van der Waals surface area contributed by atoms with Crippen molar-refractivity contribution in [3.8, 4) is 0 Å². The zero-order valence-electron chi connectivity index (χ0n) is 12.0. The SMILES string of the molecule is Cc1nn(C[C@@H](C)C(=O)Nc2ccc(Cl)cn2)c(C)c1Br. The lowest BCUT2D eigenvalue weighted by atomic mass is 10.1. The Kier molecular flexibility index (Phi) is 5.00. The van der Waals surface area contributed by atoms with Crippen LogP contribution in [0.25, 0.3) is 0 Å². The van der Waals surface area contributed by atoms with Crippen LogP contribution < -0.4 is 5.32 Å². The minimum atomic E-state index is -0.229. The van der Waals surface area contributed by atoms with E-state index in [1.165, 1.54) is 6.20 Å². The van der Waals surface area contributed by atoms with Crippen LogP contribution in [0.3, 0.4) is 0 Å². The van der Waals surface area contributed by atoms with Gasteiger partial charge in [-0.2, -0.15) is 5.10 Å².